The molecule has 1 amide bonds. The Hall–Kier alpha value is -1.30. The molecular weight excluding hydrogens is 222 g/mol. The molecule has 0 aromatic rings. The van der Waals surface area contributed by atoms with Gasteiger partial charge in [0.25, 0.3) is 0 Å². The topological polar surface area (TPSA) is 99.2 Å². The predicted octanol–water partition coefficient (Wildman–Crippen LogP) is 0.132. The minimum absolute atomic E-state index is 0.0712. The van der Waals surface area contributed by atoms with Crippen LogP contribution in [0.15, 0.2) is 5.16 Å². The number of aliphatic hydroxyl groups excluding tert-OH is 1. The van der Waals surface area contributed by atoms with Gasteiger partial charge in [-0.1, -0.05) is 12.1 Å². The average Bonchev–Trinajstić information content (AvgIpc) is 3.17. The Morgan fingerprint density at radius 2 is 2.18 bits per heavy atom. The van der Waals surface area contributed by atoms with Crippen molar-refractivity contribution in [1.29, 1.82) is 0 Å². The highest BCUT2D eigenvalue weighted by atomic mass is 16.4. The lowest BCUT2D eigenvalue weighted by Gasteiger charge is -2.32. The maximum atomic E-state index is 12.4. The van der Waals surface area contributed by atoms with Crippen LogP contribution in [-0.2, 0) is 4.79 Å². The van der Waals surface area contributed by atoms with Gasteiger partial charge in [0, 0.05) is 12.6 Å². The third-order valence-electron chi connectivity index (χ3n) is 3.44. The van der Waals surface area contributed by atoms with Gasteiger partial charge in [-0.05, 0) is 26.2 Å². The zero-order chi connectivity index (χ0) is 13.1. The van der Waals surface area contributed by atoms with E-state index in [0.29, 0.717) is 13.0 Å². The second-order valence-corrected chi connectivity index (χ2v) is 4.62. The third kappa shape index (κ3) is 2.69. The van der Waals surface area contributed by atoms with Crippen LogP contribution in [0.3, 0.4) is 0 Å². The second-order valence-electron chi connectivity index (χ2n) is 4.62. The minimum Gasteiger partial charge on any atom is -0.409 e. The van der Waals surface area contributed by atoms with E-state index in [1.807, 2.05) is 6.92 Å². The van der Waals surface area contributed by atoms with Gasteiger partial charge in [-0.3, -0.25) is 4.79 Å². The summed E-state index contributed by atoms with van der Waals surface area (Å²) in [4.78, 5) is 14.1. The largest absolute Gasteiger partial charge is 0.409 e. The van der Waals surface area contributed by atoms with Crippen LogP contribution in [0.5, 0.6) is 0 Å². The van der Waals surface area contributed by atoms with Gasteiger partial charge in [0.05, 0.1) is 6.61 Å². The monoisotopic (exact) mass is 243 g/mol. The molecular formula is C11H21N3O3. The highest BCUT2D eigenvalue weighted by Gasteiger charge is 2.43. The number of oxime groups is 1. The number of amides is 1. The van der Waals surface area contributed by atoms with Crippen molar-refractivity contribution in [3.05, 3.63) is 0 Å². The Bertz CT molecular complexity index is 315. The van der Waals surface area contributed by atoms with Gasteiger partial charge >= 0.3 is 0 Å². The average molecular weight is 243 g/mol. The number of carbonyl (C=O) groups excluding carboxylic acids is 1. The summed E-state index contributed by atoms with van der Waals surface area (Å²) in [6.45, 7) is 3.72. The number of amidine groups is 1. The fourth-order valence-corrected chi connectivity index (χ4v) is 1.81. The Labute approximate surface area is 101 Å². The van der Waals surface area contributed by atoms with Crippen LogP contribution in [0.2, 0.25) is 0 Å². The highest BCUT2D eigenvalue weighted by Crippen LogP contribution is 2.32. The number of nitrogens with zero attached hydrogens (tertiary/aromatic N) is 2. The molecule has 0 aromatic carbocycles. The SMILES string of the molecule is CCC(C)(C(=O)N(CCO)C1CC1)C(N)=NO. The normalized spacial score (nSPS) is 19.8. The number of rotatable bonds is 6. The van der Waals surface area contributed by atoms with Crippen LogP contribution in [0.1, 0.15) is 33.1 Å². The lowest BCUT2D eigenvalue weighted by molar-refractivity contribution is -0.139. The number of carbonyl (C=O) groups is 1. The van der Waals surface area contributed by atoms with Gasteiger partial charge in [-0.25, -0.2) is 0 Å². The zero-order valence-corrected chi connectivity index (χ0v) is 10.4. The van der Waals surface area contributed by atoms with Crippen molar-refractivity contribution < 1.29 is 15.1 Å². The molecule has 1 atom stereocenters. The van der Waals surface area contributed by atoms with Gasteiger partial charge in [0.15, 0.2) is 5.84 Å². The first-order valence-electron chi connectivity index (χ1n) is 5.91. The molecule has 6 nitrogen and oxygen atoms in total. The number of aliphatic hydroxyl groups is 1. The number of nitrogens with two attached hydrogens (primary N) is 1. The Morgan fingerprint density at radius 1 is 1.59 bits per heavy atom. The molecule has 1 saturated carbocycles. The van der Waals surface area contributed by atoms with E-state index in [4.69, 9.17) is 16.0 Å². The zero-order valence-electron chi connectivity index (χ0n) is 10.4. The maximum Gasteiger partial charge on any atom is 0.236 e. The lowest BCUT2D eigenvalue weighted by atomic mass is 9.84. The van der Waals surface area contributed by atoms with Crippen molar-refractivity contribution in [2.45, 2.75) is 39.2 Å². The van der Waals surface area contributed by atoms with Crippen LogP contribution in [0.25, 0.3) is 0 Å². The molecule has 98 valence electrons. The van der Waals surface area contributed by atoms with Crippen molar-refractivity contribution in [3.63, 3.8) is 0 Å². The highest BCUT2D eigenvalue weighted by molar-refractivity contribution is 6.06. The van der Waals surface area contributed by atoms with Crippen molar-refractivity contribution in [1.82, 2.24) is 4.90 Å². The molecule has 0 saturated heterocycles. The molecule has 0 spiro atoms. The first-order chi connectivity index (χ1) is 8.01. The molecule has 0 aliphatic heterocycles. The molecule has 1 unspecified atom stereocenters. The molecule has 4 N–H and O–H groups in total. The van der Waals surface area contributed by atoms with Gasteiger partial charge in [-0.15, -0.1) is 0 Å². The van der Waals surface area contributed by atoms with E-state index < -0.39 is 5.41 Å². The van der Waals surface area contributed by atoms with E-state index in [9.17, 15) is 4.79 Å². The van der Waals surface area contributed by atoms with Gasteiger partial charge in [0.2, 0.25) is 5.91 Å². The van der Waals surface area contributed by atoms with Crippen molar-refractivity contribution in [3.8, 4) is 0 Å². The maximum absolute atomic E-state index is 12.4. The van der Waals surface area contributed by atoms with Gasteiger partial charge < -0.3 is 20.9 Å². The standard InChI is InChI=1S/C11H21N3O3/c1-3-11(2,9(12)13-17)10(16)14(6-7-15)8-4-5-8/h8,15,17H,3-7H2,1-2H3,(H2,12,13). The molecule has 17 heavy (non-hydrogen) atoms. The summed E-state index contributed by atoms with van der Waals surface area (Å²) in [6.07, 6.45) is 2.37. The molecule has 0 aromatic heterocycles. The third-order valence-corrected chi connectivity index (χ3v) is 3.44. The molecule has 0 radical (unpaired) electrons. The molecule has 1 rings (SSSR count). The Balaban J connectivity index is 2.89. The fourth-order valence-electron chi connectivity index (χ4n) is 1.81. The van der Waals surface area contributed by atoms with Gasteiger partial charge in [0.1, 0.15) is 5.41 Å². The quantitative estimate of drug-likeness (QED) is 0.267. The summed E-state index contributed by atoms with van der Waals surface area (Å²) >= 11 is 0. The lowest BCUT2D eigenvalue weighted by Crippen LogP contribution is -2.51. The van der Waals surface area contributed by atoms with Crippen molar-refractivity contribution in [2.24, 2.45) is 16.3 Å². The number of hydrogen-bond donors (Lipinski definition) is 3. The van der Waals surface area contributed by atoms with E-state index >= 15 is 0 Å². The minimum atomic E-state index is -0.994. The summed E-state index contributed by atoms with van der Waals surface area (Å²) in [5, 5.41) is 20.7. The molecule has 0 bridgehead atoms. The molecule has 0 heterocycles. The summed E-state index contributed by atoms with van der Waals surface area (Å²) in [5.41, 5.74) is 4.61. The second kappa shape index (κ2) is 5.35. The molecule has 6 heteroatoms. The Morgan fingerprint density at radius 3 is 2.53 bits per heavy atom. The molecule has 1 aliphatic rings. The van der Waals surface area contributed by atoms with E-state index in [2.05, 4.69) is 5.16 Å². The van der Waals surface area contributed by atoms with Crippen LogP contribution >= 0.6 is 0 Å². The summed E-state index contributed by atoms with van der Waals surface area (Å²) in [6, 6.07) is 0.201. The van der Waals surface area contributed by atoms with Crippen LogP contribution in [-0.4, -0.2) is 46.1 Å². The molecule has 1 aliphatic carbocycles. The summed E-state index contributed by atoms with van der Waals surface area (Å²) in [7, 11) is 0. The van der Waals surface area contributed by atoms with Crippen LogP contribution in [0.4, 0.5) is 0 Å². The van der Waals surface area contributed by atoms with Gasteiger partial charge in [-0.2, -0.15) is 0 Å². The smallest absolute Gasteiger partial charge is 0.236 e. The van der Waals surface area contributed by atoms with E-state index in [-0.39, 0.29) is 24.4 Å². The van der Waals surface area contributed by atoms with E-state index in [1.54, 1.807) is 11.8 Å². The number of hydrogen-bond acceptors (Lipinski definition) is 4. The van der Waals surface area contributed by atoms with E-state index in [0.717, 1.165) is 12.8 Å². The fraction of sp³-hybridized carbons (Fsp3) is 0.818. The summed E-state index contributed by atoms with van der Waals surface area (Å²) in [5.74, 6) is -0.250. The summed E-state index contributed by atoms with van der Waals surface area (Å²) < 4.78 is 0. The first-order valence-corrected chi connectivity index (χ1v) is 5.91. The molecule has 1 fully saturated rings. The van der Waals surface area contributed by atoms with Crippen molar-refractivity contribution >= 4 is 11.7 Å². The van der Waals surface area contributed by atoms with E-state index in [1.165, 1.54) is 0 Å². The van der Waals surface area contributed by atoms with Crippen molar-refractivity contribution in [2.75, 3.05) is 13.2 Å². The van der Waals surface area contributed by atoms with Crippen LogP contribution in [0, 0.1) is 5.41 Å². The predicted molar refractivity (Wildman–Crippen MR) is 63.6 cm³/mol. The van der Waals surface area contributed by atoms with Crippen LogP contribution < -0.4 is 5.73 Å². The Kier molecular flexibility index (Phi) is 4.34. The first kappa shape index (κ1) is 13.8.